The van der Waals surface area contributed by atoms with Crippen LogP contribution in [0.25, 0.3) is 5.69 Å². The van der Waals surface area contributed by atoms with Gasteiger partial charge in [0.05, 0.1) is 42.7 Å². The third kappa shape index (κ3) is 6.15. The number of hydrogen-bond donors (Lipinski definition) is 1. The van der Waals surface area contributed by atoms with Gasteiger partial charge in [-0.2, -0.15) is 5.10 Å². The Morgan fingerprint density at radius 1 is 1.14 bits per heavy atom. The van der Waals surface area contributed by atoms with Crippen molar-refractivity contribution in [2.45, 2.75) is 57.3 Å². The van der Waals surface area contributed by atoms with E-state index in [0.29, 0.717) is 30.5 Å². The van der Waals surface area contributed by atoms with Gasteiger partial charge in [-0.25, -0.2) is 4.68 Å². The summed E-state index contributed by atoms with van der Waals surface area (Å²) in [4.78, 5) is 28.8. The number of aromatic nitrogens is 2. The fraction of sp³-hybridized carbons (Fsp3) is 0.469. The van der Waals surface area contributed by atoms with Gasteiger partial charge in [-0.3, -0.25) is 14.5 Å². The number of carbonyl (C=O) groups is 2. The van der Waals surface area contributed by atoms with Crippen LogP contribution in [0.1, 0.15) is 61.2 Å². The van der Waals surface area contributed by atoms with Gasteiger partial charge < -0.3 is 19.5 Å². The Kier molecular flexibility index (Phi) is 8.84. The van der Waals surface area contributed by atoms with Crippen LogP contribution in [-0.2, 0) is 19.7 Å². The minimum atomic E-state index is -0.352. The van der Waals surface area contributed by atoms with Crippen LogP contribution < -0.4 is 19.7 Å². The lowest BCUT2D eigenvalue weighted by Gasteiger charge is -2.25. The molecule has 3 heterocycles. The molecule has 2 amide bonds. The number of fused-ring (bicyclic) bond motifs is 1. The summed E-state index contributed by atoms with van der Waals surface area (Å²) in [6.07, 6.45) is 1.93. The lowest BCUT2D eigenvalue weighted by atomic mass is 9.87. The molecule has 1 saturated heterocycles. The summed E-state index contributed by atoms with van der Waals surface area (Å²) in [7, 11) is 3.23. The van der Waals surface area contributed by atoms with E-state index in [-0.39, 0.29) is 40.9 Å². The largest absolute Gasteiger partial charge is 0.493 e. The SMILES string of the molecule is COc1ccc([C@@H]2SCC(=O)N(CC(=O)NC[C@@H]3CCCO3)c3c2c(C(C)(C)C)nn3-c2cccc(C)c2)cc1OC. The standard InChI is InChI=1S/C32H40N4O5S/c1-20-9-7-10-22(15-20)36-31-28(30(34-36)32(2,3)4)29(21-12-13-24(39-5)25(16-21)40-6)42-19-27(38)35(31)18-26(37)33-17-23-11-8-14-41-23/h7,9-10,12-13,15-16,23,29H,8,11,14,17-19H2,1-6H3,(H,33,37)/t23-,29-/m0/s1. The van der Waals surface area contributed by atoms with Crippen LogP contribution in [0.2, 0.25) is 0 Å². The van der Waals surface area contributed by atoms with Crippen molar-refractivity contribution in [2.24, 2.45) is 0 Å². The van der Waals surface area contributed by atoms with Crippen molar-refractivity contribution in [3.8, 4) is 17.2 Å². The lowest BCUT2D eigenvalue weighted by molar-refractivity contribution is -0.123. The van der Waals surface area contributed by atoms with Gasteiger partial charge in [-0.15, -0.1) is 11.8 Å². The number of nitrogens with zero attached hydrogens (tertiary/aromatic N) is 3. The molecule has 1 aromatic heterocycles. The Bertz CT molecular complexity index is 1460. The average molecular weight is 593 g/mol. The van der Waals surface area contributed by atoms with Crippen molar-refractivity contribution >= 4 is 29.4 Å². The summed E-state index contributed by atoms with van der Waals surface area (Å²) in [6, 6.07) is 13.9. The molecule has 0 unspecified atom stereocenters. The van der Waals surface area contributed by atoms with Crippen molar-refractivity contribution < 1.29 is 23.8 Å². The van der Waals surface area contributed by atoms with Crippen molar-refractivity contribution in [3.63, 3.8) is 0 Å². The van der Waals surface area contributed by atoms with Crippen LogP contribution in [0.4, 0.5) is 5.82 Å². The molecule has 224 valence electrons. The van der Waals surface area contributed by atoms with Gasteiger partial charge in [0.25, 0.3) is 0 Å². The highest BCUT2D eigenvalue weighted by atomic mass is 32.2. The third-order valence-electron chi connectivity index (χ3n) is 7.61. The molecule has 9 nitrogen and oxygen atoms in total. The molecule has 0 radical (unpaired) electrons. The Labute approximate surface area is 251 Å². The fourth-order valence-corrected chi connectivity index (χ4v) is 6.71. The minimum absolute atomic E-state index is 0.0136. The molecule has 2 atom stereocenters. The van der Waals surface area contributed by atoms with Gasteiger partial charge in [0.15, 0.2) is 11.5 Å². The molecule has 2 aromatic carbocycles. The maximum absolute atomic E-state index is 13.9. The third-order valence-corrected chi connectivity index (χ3v) is 8.86. The second-order valence-electron chi connectivity index (χ2n) is 11.8. The first-order chi connectivity index (χ1) is 20.1. The normalized spacial score (nSPS) is 18.9. The summed E-state index contributed by atoms with van der Waals surface area (Å²) >= 11 is 1.53. The number of carbonyl (C=O) groups excluding carboxylic acids is 2. The maximum atomic E-state index is 13.9. The molecule has 3 aromatic rings. The van der Waals surface area contributed by atoms with E-state index in [1.165, 1.54) is 11.8 Å². The number of amides is 2. The molecule has 0 aliphatic carbocycles. The monoisotopic (exact) mass is 592 g/mol. The number of aryl methyl sites for hydroxylation is 1. The van der Waals surface area contributed by atoms with E-state index in [4.69, 9.17) is 19.3 Å². The molecule has 42 heavy (non-hydrogen) atoms. The number of methoxy groups -OCH3 is 2. The lowest BCUT2D eigenvalue weighted by Crippen LogP contribution is -2.44. The predicted molar refractivity (Wildman–Crippen MR) is 165 cm³/mol. The first kappa shape index (κ1) is 30.0. The van der Waals surface area contributed by atoms with Crippen LogP contribution in [-0.4, -0.2) is 67.4 Å². The maximum Gasteiger partial charge on any atom is 0.240 e. The Morgan fingerprint density at radius 2 is 1.93 bits per heavy atom. The van der Waals surface area contributed by atoms with Gasteiger partial charge in [0, 0.05) is 24.1 Å². The Morgan fingerprint density at radius 3 is 2.60 bits per heavy atom. The molecular formula is C32H40N4O5S. The molecule has 1 fully saturated rings. The Balaban J connectivity index is 1.67. The summed E-state index contributed by atoms with van der Waals surface area (Å²) in [5.41, 5.74) is 4.30. The Hall–Kier alpha value is -3.50. The van der Waals surface area contributed by atoms with Crippen LogP contribution in [0.5, 0.6) is 11.5 Å². The second-order valence-corrected chi connectivity index (χ2v) is 12.9. The molecule has 2 aliphatic rings. The quantitative estimate of drug-likeness (QED) is 0.395. The molecule has 0 saturated carbocycles. The summed E-state index contributed by atoms with van der Waals surface area (Å²) < 4.78 is 18.7. The highest BCUT2D eigenvalue weighted by Crippen LogP contribution is 2.49. The highest BCUT2D eigenvalue weighted by Gasteiger charge is 2.40. The van der Waals surface area contributed by atoms with Crippen molar-refractivity contribution in [1.82, 2.24) is 15.1 Å². The summed E-state index contributed by atoms with van der Waals surface area (Å²) in [5, 5.41) is 7.93. The van der Waals surface area contributed by atoms with E-state index < -0.39 is 0 Å². The second kappa shape index (κ2) is 12.4. The molecule has 2 aliphatic heterocycles. The zero-order valence-electron chi connectivity index (χ0n) is 25.2. The zero-order valence-corrected chi connectivity index (χ0v) is 26.0. The van der Waals surface area contributed by atoms with Crippen LogP contribution in [0.15, 0.2) is 42.5 Å². The fourth-order valence-electron chi connectivity index (χ4n) is 5.52. The number of rotatable bonds is 8. The molecular weight excluding hydrogens is 552 g/mol. The van der Waals surface area contributed by atoms with E-state index in [9.17, 15) is 9.59 Å². The number of ether oxygens (including phenoxy) is 3. The molecule has 10 heteroatoms. The number of hydrogen-bond acceptors (Lipinski definition) is 7. The summed E-state index contributed by atoms with van der Waals surface area (Å²) in [5.74, 6) is 1.69. The minimum Gasteiger partial charge on any atom is -0.493 e. The van der Waals surface area contributed by atoms with Crippen molar-refractivity contribution in [3.05, 3.63) is 64.8 Å². The van der Waals surface area contributed by atoms with Gasteiger partial charge in [-0.05, 0) is 55.2 Å². The van der Waals surface area contributed by atoms with E-state index in [2.05, 4.69) is 26.1 Å². The molecule has 0 spiro atoms. The average Bonchev–Trinajstić information content (AvgIpc) is 3.60. The van der Waals surface area contributed by atoms with Crippen LogP contribution >= 0.6 is 11.8 Å². The smallest absolute Gasteiger partial charge is 0.240 e. The van der Waals surface area contributed by atoms with Gasteiger partial charge in [0.1, 0.15) is 12.4 Å². The first-order valence-corrected chi connectivity index (χ1v) is 15.4. The van der Waals surface area contributed by atoms with Crippen molar-refractivity contribution in [2.75, 3.05) is 44.6 Å². The van der Waals surface area contributed by atoms with Crippen LogP contribution in [0.3, 0.4) is 0 Å². The van der Waals surface area contributed by atoms with E-state index in [1.54, 1.807) is 19.1 Å². The van der Waals surface area contributed by atoms with Gasteiger partial charge in [0.2, 0.25) is 11.8 Å². The first-order valence-electron chi connectivity index (χ1n) is 14.3. The van der Waals surface area contributed by atoms with Gasteiger partial charge >= 0.3 is 0 Å². The predicted octanol–water partition coefficient (Wildman–Crippen LogP) is 4.96. The molecule has 5 rings (SSSR count). The topological polar surface area (TPSA) is 94.9 Å². The molecule has 1 N–H and O–H groups in total. The van der Waals surface area contributed by atoms with E-state index >= 15 is 0 Å². The zero-order chi connectivity index (χ0) is 30.0. The number of benzene rings is 2. The number of thioether (sulfide) groups is 1. The number of nitrogens with one attached hydrogen (secondary N) is 1. The van der Waals surface area contributed by atoms with E-state index in [1.807, 2.05) is 54.1 Å². The number of anilines is 1. The van der Waals surface area contributed by atoms with Crippen LogP contribution in [0, 0.1) is 6.92 Å². The van der Waals surface area contributed by atoms with Crippen molar-refractivity contribution in [1.29, 1.82) is 0 Å². The summed E-state index contributed by atoms with van der Waals surface area (Å²) in [6.45, 7) is 9.43. The highest BCUT2D eigenvalue weighted by molar-refractivity contribution is 8.00. The van der Waals surface area contributed by atoms with Gasteiger partial charge in [-0.1, -0.05) is 39.0 Å². The van der Waals surface area contributed by atoms with E-state index in [0.717, 1.165) is 40.9 Å². The molecule has 0 bridgehead atoms.